The van der Waals surface area contributed by atoms with E-state index in [1.54, 1.807) is 32.1 Å². The first-order valence-electron chi connectivity index (χ1n) is 8.40. The van der Waals surface area contributed by atoms with Gasteiger partial charge in [0, 0.05) is 32.2 Å². The smallest absolute Gasteiger partial charge is 0.0229 e. The van der Waals surface area contributed by atoms with Crippen LogP contribution in [0.15, 0.2) is 12.7 Å². The van der Waals surface area contributed by atoms with Crippen molar-refractivity contribution in [1.29, 1.82) is 0 Å². The first-order chi connectivity index (χ1) is 9.33. The maximum atomic E-state index is 3.90. The molecule has 5 aliphatic rings. The molecular weight excluding hydrogens is 232 g/mol. The van der Waals surface area contributed by atoms with Crippen molar-refractivity contribution >= 4 is 0 Å². The Bertz CT molecular complexity index is 323. The van der Waals surface area contributed by atoms with Crippen LogP contribution < -0.4 is 5.32 Å². The van der Waals surface area contributed by atoms with Gasteiger partial charge in [-0.1, -0.05) is 6.08 Å². The van der Waals surface area contributed by atoms with Crippen molar-refractivity contribution in [2.24, 2.45) is 29.6 Å². The average molecular weight is 260 g/mol. The van der Waals surface area contributed by atoms with Crippen LogP contribution in [-0.2, 0) is 0 Å². The summed E-state index contributed by atoms with van der Waals surface area (Å²) in [4.78, 5) is 2.60. The summed E-state index contributed by atoms with van der Waals surface area (Å²) in [6.07, 6.45) is 9.85. The molecule has 19 heavy (non-hydrogen) atoms. The van der Waals surface area contributed by atoms with E-state index in [9.17, 15) is 0 Å². The molecule has 1 atom stereocenters. The molecule has 0 aromatic rings. The minimum Gasteiger partial charge on any atom is -0.311 e. The molecule has 1 saturated heterocycles. The van der Waals surface area contributed by atoms with Crippen LogP contribution in [0.3, 0.4) is 0 Å². The Morgan fingerprint density at radius 1 is 1.05 bits per heavy atom. The Kier molecular flexibility index (Phi) is 3.19. The maximum absolute atomic E-state index is 3.90. The highest BCUT2D eigenvalue weighted by atomic mass is 15.2. The molecule has 0 aromatic heterocycles. The highest BCUT2D eigenvalue weighted by Crippen LogP contribution is 2.57. The van der Waals surface area contributed by atoms with Crippen molar-refractivity contribution in [1.82, 2.24) is 10.2 Å². The molecule has 4 saturated carbocycles. The van der Waals surface area contributed by atoms with Gasteiger partial charge in [0.1, 0.15) is 0 Å². The number of nitrogens with one attached hydrogen (secondary N) is 1. The molecule has 1 unspecified atom stereocenters. The molecule has 5 rings (SSSR count). The second-order valence-electron chi connectivity index (χ2n) is 7.62. The molecule has 2 nitrogen and oxygen atoms in total. The molecule has 5 fully saturated rings. The van der Waals surface area contributed by atoms with Gasteiger partial charge in [-0.3, -0.25) is 4.90 Å². The number of piperazine rings is 1. The Balaban J connectivity index is 1.48. The molecule has 106 valence electrons. The minimum absolute atomic E-state index is 0.767. The van der Waals surface area contributed by atoms with E-state index in [1.165, 1.54) is 19.6 Å². The zero-order chi connectivity index (χ0) is 12.8. The van der Waals surface area contributed by atoms with Crippen molar-refractivity contribution in [3.8, 4) is 0 Å². The van der Waals surface area contributed by atoms with E-state index in [-0.39, 0.29) is 0 Å². The van der Waals surface area contributed by atoms with Crippen LogP contribution in [0.4, 0.5) is 0 Å². The van der Waals surface area contributed by atoms with E-state index in [0.717, 1.165) is 42.2 Å². The predicted octanol–water partition coefficient (Wildman–Crippen LogP) is 2.52. The van der Waals surface area contributed by atoms with Crippen molar-refractivity contribution < 1.29 is 0 Å². The molecule has 0 radical (unpaired) electrons. The third kappa shape index (κ3) is 2.17. The molecular formula is C17H28N2. The third-order valence-electron chi connectivity index (χ3n) is 6.44. The minimum atomic E-state index is 0.767. The number of hydrogen-bond acceptors (Lipinski definition) is 2. The maximum Gasteiger partial charge on any atom is 0.0229 e. The van der Waals surface area contributed by atoms with Gasteiger partial charge in [0.2, 0.25) is 0 Å². The lowest BCUT2D eigenvalue weighted by Gasteiger charge is -2.57. The van der Waals surface area contributed by atoms with Crippen LogP contribution >= 0.6 is 0 Å². The van der Waals surface area contributed by atoms with E-state index in [0.29, 0.717) is 0 Å². The zero-order valence-corrected chi connectivity index (χ0v) is 12.1. The number of rotatable bonds is 3. The highest BCUT2D eigenvalue weighted by Gasteiger charge is 2.50. The van der Waals surface area contributed by atoms with Gasteiger partial charge in [0.05, 0.1) is 0 Å². The largest absolute Gasteiger partial charge is 0.311 e. The highest BCUT2D eigenvalue weighted by molar-refractivity contribution is 5.03. The fraction of sp³-hybridized carbons (Fsp3) is 0.882. The van der Waals surface area contributed by atoms with E-state index < -0.39 is 0 Å². The summed E-state index contributed by atoms with van der Waals surface area (Å²) < 4.78 is 0. The topological polar surface area (TPSA) is 15.3 Å². The first-order valence-corrected chi connectivity index (χ1v) is 8.40. The summed E-state index contributed by atoms with van der Waals surface area (Å²) in [5.41, 5.74) is 0. The van der Waals surface area contributed by atoms with Gasteiger partial charge < -0.3 is 5.32 Å². The zero-order valence-electron chi connectivity index (χ0n) is 12.1. The first kappa shape index (κ1) is 12.4. The lowest BCUT2D eigenvalue weighted by atomic mass is 9.50. The predicted molar refractivity (Wildman–Crippen MR) is 79.0 cm³/mol. The molecule has 4 aliphatic carbocycles. The van der Waals surface area contributed by atoms with Crippen LogP contribution in [0.1, 0.15) is 32.1 Å². The van der Waals surface area contributed by atoms with Crippen molar-refractivity contribution in [2.45, 2.75) is 38.1 Å². The summed E-state index contributed by atoms with van der Waals surface area (Å²) in [5.74, 6) is 5.30. The molecule has 1 N–H and O–H groups in total. The van der Waals surface area contributed by atoms with Crippen molar-refractivity contribution in [3.05, 3.63) is 12.7 Å². The molecule has 2 heteroatoms. The monoisotopic (exact) mass is 260 g/mol. The van der Waals surface area contributed by atoms with Gasteiger partial charge in [0.25, 0.3) is 0 Å². The number of nitrogens with zero attached hydrogens (tertiary/aromatic N) is 1. The number of hydrogen-bond donors (Lipinski definition) is 1. The van der Waals surface area contributed by atoms with Gasteiger partial charge in [-0.2, -0.15) is 0 Å². The second-order valence-corrected chi connectivity index (χ2v) is 7.62. The summed E-state index contributed by atoms with van der Waals surface area (Å²) in [5, 5.41) is 3.86. The molecule has 1 aliphatic heterocycles. The Morgan fingerprint density at radius 2 is 1.74 bits per heavy atom. The molecule has 0 amide bonds. The van der Waals surface area contributed by atoms with E-state index >= 15 is 0 Å². The summed E-state index contributed by atoms with van der Waals surface area (Å²) >= 11 is 0. The standard InChI is InChI=1S/C17H28N2/c1-2-4-19-5-3-18-16(11-19)17-14-7-12-6-13(9-14)10-15(17)8-12/h2,12-18H,1,3-11H2. The van der Waals surface area contributed by atoms with Gasteiger partial charge in [-0.15, -0.1) is 6.58 Å². The van der Waals surface area contributed by atoms with Gasteiger partial charge in [-0.25, -0.2) is 0 Å². The van der Waals surface area contributed by atoms with E-state index in [1.807, 2.05) is 0 Å². The van der Waals surface area contributed by atoms with Crippen LogP contribution in [0, 0.1) is 29.6 Å². The van der Waals surface area contributed by atoms with Crippen LogP contribution in [0.2, 0.25) is 0 Å². The Morgan fingerprint density at radius 3 is 2.37 bits per heavy atom. The van der Waals surface area contributed by atoms with Gasteiger partial charge >= 0.3 is 0 Å². The summed E-state index contributed by atoms with van der Waals surface area (Å²) in [6, 6.07) is 0.767. The van der Waals surface area contributed by atoms with Crippen LogP contribution in [-0.4, -0.2) is 37.1 Å². The van der Waals surface area contributed by atoms with E-state index in [2.05, 4.69) is 22.9 Å². The Labute approximate surface area is 117 Å². The fourth-order valence-corrected chi connectivity index (χ4v) is 6.07. The van der Waals surface area contributed by atoms with Crippen LogP contribution in [0.5, 0.6) is 0 Å². The second kappa shape index (κ2) is 4.89. The van der Waals surface area contributed by atoms with Gasteiger partial charge in [-0.05, 0) is 61.7 Å². The normalized spacial score (nSPS) is 49.5. The lowest BCUT2D eigenvalue weighted by molar-refractivity contribution is -0.0596. The van der Waals surface area contributed by atoms with Crippen molar-refractivity contribution in [3.63, 3.8) is 0 Å². The fourth-order valence-electron chi connectivity index (χ4n) is 6.07. The summed E-state index contributed by atoms with van der Waals surface area (Å²) in [6.45, 7) is 8.63. The molecule has 1 heterocycles. The van der Waals surface area contributed by atoms with E-state index in [4.69, 9.17) is 0 Å². The van der Waals surface area contributed by atoms with Crippen LogP contribution in [0.25, 0.3) is 0 Å². The average Bonchev–Trinajstić information content (AvgIpc) is 2.38. The quantitative estimate of drug-likeness (QED) is 0.785. The van der Waals surface area contributed by atoms with Crippen molar-refractivity contribution in [2.75, 3.05) is 26.2 Å². The molecule has 4 bridgehead atoms. The molecule has 0 aromatic carbocycles. The summed E-state index contributed by atoms with van der Waals surface area (Å²) in [7, 11) is 0. The SMILES string of the molecule is C=CCN1CCNC(C2C3CC4CC(C3)CC2C4)C1. The third-order valence-corrected chi connectivity index (χ3v) is 6.44. The Hall–Kier alpha value is -0.340. The van der Waals surface area contributed by atoms with Gasteiger partial charge in [0.15, 0.2) is 0 Å². The molecule has 0 spiro atoms. The lowest BCUT2D eigenvalue weighted by Crippen LogP contribution is -2.60.